The molecule has 0 amide bonds. The average molecular weight is 194 g/mol. The van der Waals surface area contributed by atoms with Crippen molar-refractivity contribution >= 4 is 11.0 Å². The van der Waals surface area contributed by atoms with E-state index in [1.807, 2.05) is 36.4 Å². The van der Waals surface area contributed by atoms with Crippen molar-refractivity contribution < 1.29 is 4.42 Å². The van der Waals surface area contributed by atoms with Crippen LogP contribution >= 0.6 is 0 Å². The van der Waals surface area contributed by atoms with Crippen LogP contribution in [0.4, 0.5) is 0 Å². The second-order valence-corrected chi connectivity index (χ2v) is 3.27. The second kappa shape index (κ2) is 3.24. The Kier molecular flexibility index (Phi) is 1.78. The molecule has 1 aromatic carbocycles. The first-order chi connectivity index (χ1) is 7.45. The first-order valence-corrected chi connectivity index (χ1v) is 4.74. The molecule has 3 aromatic rings. The van der Waals surface area contributed by atoms with Gasteiger partial charge in [-0.1, -0.05) is 18.2 Å². The number of benzene rings is 1. The van der Waals surface area contributed by atoms with Crippen LogP contribution in [0.25, 0.3) is 22.2 Å². The first-order valence-electron chi connectivity index (χ1n) is 4.74. The minimum absolute atomic E-state index is 0.846. The van der Waals surface area contributed by atoms with Crippen LogP contribution in [0.15, 0.2) is 53.3 Å². The van der Waals surface area contributed by atoms with Crippen LogP contribution in [0.2, 0.25) is 0 Å². The van der Waals surface area contributed by atoms with Crippen LogP contribution in [0.1, 0.15) is 0 Å². The molecule has 0 saturated heterocycles. The van der Waals surface area contributed by atoms with Crippen molar-refractivity contribution in [1.29, 1.82) is 0 Å². The van der Waals surface area contributed by atoms with Crippen molar-refractivity contribution in [3.05, 3.63) is 54.9 Å². The van der Waals surface area contributed by atoms with Gasteiger partial charge in [0.2, 0.25) is 0 Å². The van der Waals surface area contributed by atoms with Gasteiger partial charge in [0, 0.05) is 17.1 Å². The van der Waals surface area contributed by atoms with Crippen LogP contribution in [0, 0.1) is 6.07 Å². The fraction of sp³-hybridized carbons (Fsp3) is 0. The molecule has 0 unspecified atom stereocenters. The molecule has 0 saturated carbocycles. The highest BCUT2D eigenvalue weighted by Crippen LogP contribution is 2.28. The Labute approximate surface area is 87.2 Å². The first kappa shape index (κ1) is 8.24. The Morgan fingerprint density at radius 1 is 1.13 bits per heavy atom. The van der Waals surface area contributed by atoms with Crippen molar-refractivity contribution in [2.75, 3.05) is 0 Å². The third kappa shape index (κ3) is 1.31. The summed E-state index contributed by atoms with van der Waals surface area (Å²) in [7, 11) is 0. The highest BCUT2D eigenvalue weighted by molar-refractivity contribution is 5.92. The quantitative estimate of drug-likeness (QED) is 0.594. The lowest BCUT2D eigenvalue weighted by Gasteiger charge is -1.95. The van der Waals surface area contributed by atoms with E-state index in [0.29, 0.717) is 0 Å². The van der Waals surface area contributed by atoms with E-state index in [0.717, 1.165) is 22.2 Å². The van der Waals surface area contributed by atoms with E-state index in [2.05, 4.69) is 11.1 Å². The summed E-state index contributed by atoms with van der Waals surface area (Å²) in [6.45, 7) is 0. The molecule has 0 bridgehead atoms. The van der Waals surface area contributed by atoms with E-state index >= 15 is 0 Å². The maximum Gasteiger partial charge on any atom is 0.135 e. The normalized spacial score (nSPS) is 10.7. The van der Waals surface area contributed by atoms with Crippen LogP contribution in [-0.4, -0.2) is 4.98 Å². The fourth-order valence-corrected chi connectivity index (χ4v) is 1.62. The molecule has 1 radical (unpaired) electrons. The third-order valence-corrected chi connectivity index (χ3v) is 2.33. The number of pyridine rings is 1. The summed E-state index contributed by atoms with van der Waals surface area (Å²) in [6.07, 6.45) is 3.50. The number of fused-ring (bicyclic) bond motifs is 1. The summed E-state index contributed by atoms with van der Waals surface area (Å²) < 4.78 is 5.43. The highest BCUT2D eigenvalue weighted by Gasteiger charge is 2.07. The molecule has 0 aliphatic carbocycles. The van der Waals surface area contributed by atoms with Gasteiger partial charge in [-0.3, -0.25) is 4.98 Å². The second-order valence-electron chi connectivity index (χ2n) is 3.27. The van der Waals surface area contributed by atoms with Crippen LogP contribution < -0.4 is 0 Å². The number of aromatic nitrogens is 1. The Hall–Kier alpha value is -2.09. The van der Waals surface area contributed by atoms with Crippen molar-refractivity contribution in [2.45, 2.75) is 0 Å². The highest BCUT2D eigenvalue weighted by atomic mass is 16.3. The predicted molar refractivity (Wildman–Crippen MR) is 58.3 cm³/mol. The Morgan fingerprint density at radius 2 is 2.13 bits per heavy atom. The minimum atomic E-state index is 0.846. The SMILES string of the molecule is [c]1cccc2occ(-c3ccccn3)c12. The monoisotopic (exact) mass is 194 g/mol. The molecule has 0 aliphatic rings. The molecule has 0 spiro atoms. The lowest BCUT2D eigenvalue weighted by molar-refractivity contribution is 0.617. The molecule has 0 fully saturated rings. The molecule has 2 nitrogen and oxygen atoms in total. The summed E-state index contributed by atoms with van der Waals surface area (Å²) >= 11 is 0. The smallest absolute Gasteiger partial charge is 0.135 e. The third-order valence-electron chi connectivity index (χ3n) is 2.33. The molecule has 3 rings (SSSR count). The standard InChI is InChI=1S/C13H8NO/c1-2-7-13-10(5-1)11(9-15-13)12-6-3-4-8-14-12/h1-4,6-9H. The average Bonchev–Trinajstić information content (AvgIpc) is 2.74. The lowest BCUT2D eigenvalue weighted by Crippen LogP contribution is -1.79. The number of hydrogen-bond acceptors (Lipinski definition) is 2. The van der Waals surface area contributed by atoms with Gasteiger partial charge in [0.05, 0.1) is 5.69 Å². The van der Waals surface area contributed by atoms with E-state index in [1.54, 1.807) is 12.5 Å². The number of furan rings is 1. The van der Waals surface area contributed by atoms with Gasteiger partial charge in [0.15, 0.2) is 0 Å². The summed E-state index contributed by atoms with van der Waals surface area (Å²) in [5.41, 5.74) is 2.75. The van der Waals surface area contributed by atoms with Gasteiger partial charge in [-0.25, -0.2) is 0 Å². The van der Waals surface area contributed by atoms with E-state index in [1.165, 1.54) is 0 Å². The Morgan fingerprint density at radius 3 is 3.00 bits per heavy atom. The van der Waals surface area contributed by atoms with E-state index < -0.39 is 0 Å². The predicted octanol–water partition coefficient (Wildman–Crippen LogP) is 3.29. The summed E-state index contributed by atoms with van der Waals surface area (Å²) in [4.78, 5) is 4.29. The molecule has 71 valence electrons. The number of hydrogen-bond donors (Lipinski definition) is 0. The van der Waals surface area contributed by atoms with Crippen molar-refractivity contribution in [1.82, 2.24) is 4.98 Å². The summed E-state index contributed by atoms with van der Waals surface area (Å²) in [5.74, 6) is 0. The van der Waals surface area contributed by atoms with E-state index in [4.69, 9.17) is 4.42 Å². The van der Waals surface area contributed by atoms with E-state index in [-0.39, 0.29) is 0 Å². The molecule has 2 aromatic heterocycles. The van der Waals surface area contributed by atoms with Crippen molar-refractivity contribution in [2.24, 2.45) is 0 Å². The summed E-state index contributed by atoms with van der Waals surface area (Å²) in [6, 6.07) is 14.7. The largest absolute Gasteiger partial charge is 0.464 e. The molecule has 0 atom stereocenters. The van der Waals surface area contributed by atoms with Gasteiger partial charge in [-0.05, 0) is 24.3 Å². The van der Waals surface area contributed by atoms with Crippen LogP contribution in [-0.2, 0) is 0 Å². The van der Waals surface area contributed by atoms with Crippen molar-refractivity contribution in [3.63, 3.8) is 0 Å². The Balaban J connectivity index is 2.28. The van der Waals surface area contributed by atoms with Crippen molar-refractivity contribution in [3.8, 4) is 11.3 Å². The van der Waals surface area contributed by atoms with E-state index in [9.17, 15) is 0 Å². The number of rotatable bonds is 1. The van der Waals surface area contributed by atoms with Gasteiger partial charge < -0.3 is 4.42 Å². The van der Waals surface area contributed by atoms with Gasteiger partial charge in [0.1, 0.15) is 11.8 Å². The van der Waals surface area contributed by atoms with Gasteiger partial charge in [-0.15, -0.1) is 0 Å². The molecule has 2 heterocycles. The van der Waals surface area contributed by atoms with Crippen LogP contribution in [0.5, 0.6) is 0 Å². The lowest BCUT2D eigenvalue weighted by atomic mass is 10.1. The maximum atomic E-state index is 5.43. The minimum Gasteiger partial charge on any atom is -0.464 e. The summed E-state index contributed by atoms with van der Waals surface area (Å²) in [5, 5.41) is 0.983. The van der Waals surface area contributed by atoms with Crippen LogP contribution in [0.3, 0.4) is 0 Å². The molecule has 0 aliphatic heterocycles. The van der Waals surface area contributed by atoms with Gasteiger partial charge in [0.25, 0.3) is 0 Å². The molecular formula is C13H8NO. The Bertz CT molecular complexity index is 584. The molecule has 2 heteroatoms. The van der Waals surface area contributed by atoms with Gasteiger partial charge in [-0.2, -0.15) is 0 Å². The topological polar surface area (TPSA) is 26.0 Å². The zero-order valence-electron chi connectivity index (χ0n) is 7.97. The number of nitrogens with zero attached hydrogens (tertiary/aromatic N) is 1. The molecule has 0 N–H and O–H groups in total. The zero-order chi connectivity index (χ0) is 10.1. The molecular weight excluding hydrogens is 186 g/mol. The zero-order valence-corrected chi connectivity index (χ0v) is 7.97. The van der Waals surface area contributed by atoms with Gasteiger partial charge >= 0.3 is 0 Å². The molecule has 15 heavy (non-hydrogen) atoms. The fourth-order valence-electron chi connectivity index (χ4n) is 1.62. The maximum absolute atomic E-state index is 5.43.